The van der Waals surface area contributed by atoms with Gasteiger partial charge in [-0.25, -0.2) is 4.39 Å². The molecular formula is C17H26FN5O2S. The summed E-state index contributed by atoms with van der Waals surface area (Å²) in [5, 5.41) is 3.58. The molecule has 1 aliphatic heterocycles. The van der Waals surface area contributed by atoms with Crippen molar-refractivity contribution in [2.75, 3.05) is 31.1 Å². The van der Waals surface area contributed by atoms with E-state index in [-0.39, 0.29) is 24.5 Å². The highest BCUT2D eigenvalue weighted by molar-refractivity contribution is 7.90. The lowest BCUT2D eigenvalue weighted by atomic mass is 10.0. The molecule has 2 unspecified atom stereocenters. The zero-order chi connectivity index (χ0) is 19.3. The summed E-state index contributed by atoms with van der Waals surface area (Å²) in [4.78, 5) is 4.86. The number of anilines is 1. The van der Waals surface area contributed by atoms with Crippen LogP contribution in [0.2, 0.25) is 0 Å². The predicted octanol–water partition coefficient (Wildman–Crippen LogP) is 3.45. The minimum Gasteiger partial charge on any atom is -0.598 e. The SMILES string of the molecule is C[C@@H](N[S+]([O-])C(C)(C)C)c1cc(F)ccc1N1CCOC(CN=[N+]=[N-])C1. The van der Waals surface area contributed by atoms with Crippen molar-refractivity contribution in [2.45, 2.75) is 44.6 Å². The molecule has 1 N–H and O–H groups in total. The number of rotatable bonds is 6. The van der Waals surface area contributed by atoms with E-state index < -0.39 is 16.1 Å². The van der Waals surface area contributed by atoms with Crippen LogP contribution in [0, 0.1) is 5.82 Å². The standard InChI is InChI=1S/C17H26FN5O2S/c1-12(21-26(24)17(2,3)4)15-9-13(18)5-6-16(15)23-7-8-25-14(11-23)10-20-22-19/h5-6,9,12,14,21H,7-8,10-11H2,1-4H3/t12-,14?,26?/m1/s1. The first-order chi connectivity index (χ1) is 12.2. The molecule has 0 saturated carbocycles. The highest BCUT2D eigenvalue weighted by atomic mass is 32.2. The number of nitrogens with one attached hydrogen (secondary N) is 1. The summed E-state index contributed by atoms with van der Waals surface area (Å²) >= 11 is -1.27. The second kappa shape index (κ2) is 8.92. The summed E-state index contributed by atoms with van der Waals surface area (Å²) in [6.45, 7) is 9.49. The van der Waals surface area contributed by atoms with Gasteiger partial charge in [-0.1, -0.05) is 5.11 Å². The maximum absolute atomic E-state index is 13.9. The highest BCUT2D eigenvalue weighted by Gasteiger charge is 2.30. The molecule has 2 rings (SSSR count). The number of halogens is 1. The zero-order valence-electron chi connectivity index (χ0n) is 15.6. The van der Waals surface area contributed by atoms with Gasteiger partial charge in [-0.15, -0.1) is 4.72 Å². The van der Waals surface area contributed by atoms with Crippen LogP contribution in [0.1, 0.15) is 39.3 Å². The van der Waals surface area contributed by atoms with Crippen molar-refractivity contribution in [1.82, 2.24) is 4.72 Å². The molecule has 1 aliphatic rings. The summed E-state index contributed by atoms with van der Waals surface area (Å²) in [6.07, 6.45) is -0.204. The molecule has 0 amide bonds. The minimum atomic E-state index is -1.27. The fourth-order valence-corrected chi connectivity index (χ4v) is 3.54. The second-order valence-electron chi connectivity index (χ2n) is 7.28. The monoisotopic (exact) mass is 383 g/mol. The van der Waals surface area contributed by atoms with Crippen molar-refractivity contribution < 1.29 is 13.7 Å². The average Bonchev–Trinajstić information content (AvgIpc) is 2.59. The van der Waals surface area contributed by atoms with Gasteiger partial charge in [0.2, 0.25) is 0 Å². The Morgan fingerprint density at radius 3 is 2.92 bits per heavy atom. The van der Waals surface area contributed by atoms with E-state index in [1.165, 1.54) is 12.1 Å². The quantitative estimate of drug-likeness (QED) is 0.352. The summed E-state index contributed by atoms with van der Waals surface area (Å²) in [7, 11) is 0. The molecule has 3 atom stereocenters. The Morgan fingerprint density at radius 2 is 2.27 bits per heavy atom. The van der Waals surface area contributed by atoms with Crippen molar-refractivity contribution in [1.29, 1.82) is 0 Å². The summed E-state index contributed by atoms with van der Waals surface area (Å²) in [6, 6.07) is 4.34. The van der Waals surface area contributed by atoms with Gasteiger partial charge in [-0.3, -0.25) is 0 Å². The molecule has 1 saturated heterocycles. The minimum absolute atomic E-state index is 0.204. The third-order valence-corrected chi connectivity index (χ3v) is 5.80. The fraction of sp³-hybridized carbons (Fsp3) is 0.647. The van der Waals surface area contributed by atoms with E-state index in [4.69, 9.17) is 10.3 Å². The molecule has 0 aromatic heterocycles. The Balaban J connectivity index is 2.22. The normalized spacial score (nSPS) is 20.4. The molecule has 0 aliphatic carbocycles. The van der Waals surface area contributed by atoms with Crippen LogP contribution in [-0.4, -0.2) is 41.6 Å². The number of hydrogen-bond donors (Lipinski definition) is 1. The van der Waals surface area contributed by atoms with E-state index >= 15 is 0 Å². The second-order valence-corrected chi connectivity index (χ2v) is 9.27. The number of benzene rings is 1. The molecule has 1 aromatic carbocycles. The van der Waals surface area contributed by atoms with Crippen molar-refractivity contribution in [2.24, 2.45) is 5.11 Å². The van der Waals surface area contributed by atoms with Gasteiger partial charge in [-0.2, -0.15) is 0 Å². The van der Waals surface area contributed by atoms with Gasteiger partial charge in [0.25, 0.3) is 0 Å². The van der Waals surface area contributed by atoms with Gasteiger partial charge in [0, 0.05) is 35.1 Å². The van der Waals surface area contributed by atoms with Crippen LogP contribution in [0.5, 0.6) is 0 Å². The summed E-state index contributed by atoms with van der Waals surface area (Å²) in [5.74, 6) is -0.335. The van der Waals surface area contributed by atoms with Gasteiger partial charge < -0.3 is 14.2 Å². The van der Waals surface area contributed by atoms with Crippen molar-refractivity contribution >= 4 is 17.0 Å². The van der Waals surface area contributed by atoms with Gasteiger partial charge in [-0.05, 0) is 57.0 Å². The van der Waals surface area contributed by atoms with Crippen molar-refractivity contribution in [3.63, 3.8) is 0 Å². The molecule has 144 valence electrons. The van der Waals surface area contributed by atoms with Gasteiger partial charge in [0.1, 0.15) is 10.6 Å². The Kier molecular flexibility index (Phi) is 7.14. The van der Waals surface area contributed by atoms with E-state index in [2.05, 4.69) is 19.6 Å². The number of hydrogen-bond acceptors (Lipinski definition) is 5. The topological polar surface area (TPSA) is 96.3 Å². The number of nitrogens with zero attached hydrogens (tertiary/aromatic N) is 4. The van der Waals surface area contributed by atoms with Crippen LogP contribution in [-0.2, 0) is 16.1 Å². The maximum Gasteiger partial charge on any atom is 0.136 e. The predicted molar refractivity (Wildman–Crippen MR) is 102 cm³/mol. The van der Waals surface area contributed by atoms with Crippen molar-refractivity contribution in [3.8, 4) is 0 Å². The van der Waals surface area contributed by atoms with E-state index in [9.17, 15) is 8.94 Å². The lowest BCUT2D eigenvalue weighted by Gasteiger charge is -2.36. The number of ether oxygens (including phenoxy) is 1. The summed E-state index contributed by atoms with van der Waals surface area (Å²) in [5.41, 5.74) is 10.1. The first-order valence-corrected chi connectivity index (χ1v) is 9.72. The van der Waals surface area contributed by atoms with Crippen molar-refractivity contribution in [3.05, 3.63) is 40.0 Å². The smallest absolute Gasteiger partial charge is 0.136 e. The Labute approximate surface area is 156 Å². The van der Waals surface area contributed by atoms with Gasteiger partial charge in [0.05, 0.1) is 25.3 Å². The summed E-state index contributed by atoms with van der Waals surface area (Å²) < 4.78 is 34.6. The first-order valence-electron chi connectivity index (χ1n) is 8.57. The third-order valence-electron chi connectivity index (χ3n) is 4.12. The molecule has 0 spiro atoms. The molecule has 9 heteroatoms. The molecule has 0 bridgehead atoms. The van der Waals surface area contributed by atoms with Crippen LogP contribution in [0.25, 0.3) is 10.4 Å². The fourth-order valence-electron chi connectivity index (χ4n) is 2.74. The third kappa shape index (κ3) is 5.49. The largest absolute Gasteiger partial charge is 0.598 e. The highest BCUT2D eigenvalue weighted by Crippen LogP contribution is 2.30. The maximum atomic E-state index is 13.9. The van der Waals surface area contributed by atoms with Gasteiger partial charge >= 0.3 is 0 Å². The molecule has 1 heterocycles. The number of morpholine rings is 1. The molecule has 1 aromatic rings. The first kappa shape index (κ1) is 20.8. The van der Waals surface area contributed by atoms with E-state index in [0.717, 1.165) is 11.3 Å². The number of azide groups is 1. The molecule has 26 heavy (non-hydrogen) atoms. The Bertz CT molecular complexity index is 663. The van der Waals surface area contributed by atoms with E-state index in [0.29, 0.717) is 19.7 Å². The van der Waals surface area contributed by atoms with E-state index in [1.807, 2.05) is 27.7 Å². The average molecular weight is 383 g/mol. The molecule has 1 fully saturated rings. The van der Waals surface area contributed by atoms with Crippen LogP contribution in [0.3, 0.4) is 0 Å². The van der Waals surface area contributed by atoms with E-state index in [1.54, 1.807) is 6.07 Å². The Morgan fingerprint density at radius 1 is 1.54 bits per heavy atom. The molecule has 7 nitrogen and oxygen atoms in total. The van der Waals surface area contributed by atoms with Gasteiger partial charge in [0.15, 0.2) is 0 Å². The lowest BCUT2D eigenvalue weighted by Crippen LogP contribution is -2.45. The lowest BCUT2D eigenvalue weighted by molar-refractivity contribution is 0.0465. The zero-order valence-corrected chi connectivity index (χ0v) is 16.4. The van der Waals surface area contributed by atoms with Crippen LogP contribution in [0.4, 0.5) is 10.1 Å². The molecular weight excluding hydrogens is 357 g/mol. The van der Waals surface area contributed by atoms with Crippen LogP contribution >= 0.6 is 0 Å². The van der Waals surface area contributed by atoms with Crippen LogP contribution < -0.4 is 9.62 Å². The van der Waals surface area contributed by atoms with Crippen LogP contribution in [0.15, 0.2) is 23.3 Å². The molecule has 0 radical (unpaired) electrons. The Hall–Kier alpha value is -1.51.